The van der Waals surface area contributed by atoms with Gasteiger partial charge in [0.25, 0.3) is 0 Å². The summed E-state index contributed by atoms with van der Waals surface area (Å²) in [6, 6.07) is 4.90. The van der Waals surface area contributed by atoms with E-state index in [1.807, 2.05) is 0 Å². The van der Waals surface area contributed by atoms with E-state index in [1.165, 1.54) is 12.1 Å². The SMILES string of the molecule is N#Cc1ccc(NCCCCC(=O)O)cc1C(F)(F)F. The molecule has 0 unspecified atom stereocenters. The maximum atomic E-state index is 12.7. The minimum atomic E-state index is -4.58. The molecule has 1 rings (SSSR count). The number of nitrogens with one attached hydrogen (secondary N) is 1. The van der Waals surface area contributed by atoms with Crippen molar-refractivity contribution in [2.45, 2.75) is 25.4 Å². The first kappa shape index (κ1) is 15.8. The van der Waals surface area contributed by atoms with Crippen molar-refractivity contribution in [3.8, 4) is 6.07 Å². The number of carboxylic acid groups (broad SMARTS) is 1. The molecule has 20 heavy (non-hydrogen) atoms. The van der Waals surface area contributed by atoms with E-state index in [4.69, 9.17) is 10.4 Å². The lowest BCUT2D eigenvalue weighted by atomic mass is 10.1. The van der Waals surface area contributed by atoms with E-state index in [-0.39, 0.29) is 12.1 Å². The number of hydrogen-bond acceptors (Lipinski definition) is 3. The highest BCUT2D eigenvalue weighted by atomic mass is 19.4. The molecule has 0 aliphatic rings. The second-order valence-corrected chi connectivity index (χ2v) is 4.15. The summed E-state index contributed by atoms with van der Waals surface area (Å²) in [5.41, 5.74) is -1.14. The third kappa shape index (κ3) is 4.80. The zero-order valence-corrected chi connectivity index (χ0v) is 10.5. The zero-order valence-electron chi connectivity index (χ0n) is 10.5. The topological polar surface area (TPSA) is 73.1 Å². The van der Waals surface area contributed by atoms with Gasteiger partial charge in [-0.25, -0.2) is 0 Å². The van der Waals surface area contributed by atoms with Crippen molar-refractivity contribution < 1.29 is 23.1 Å². The average Bonchev–Trinajstić information content (AvgIpc) is 2.36. The summed E-state index contributed by atoms with van der Waals surface area (Å²) in [6.45, 7) is 0.372. The molecule has 0 heterocycles. The Hall–Kier alpha value is -2.23. The van der Waals surface area contributed by atoms with Gasteiger partial charge in [-0.15, -0.1) is 0 Å². The molecule has 0 aromatic heterocycles. The summed E-state index contributed by atoms with van der Waals surface area (Å²) < 4.78 is 38.1. The van der Waals surface area contributed by atoms with E-state index in [9.17, 15) is 18.0 Å². The fourth-order valence-corrected chi connectivity index (χ4v) is 1.62. The Bertz CT molecular complexity index is 521. The van der Waals surface area contributed by atoms with E-state index in [0.717, 1.165) is 12.1 Å². The number of carboxylic acids is 1. The van der Waals surface area contributed by atoms with Gasteiger partial charge in [0.05, 0.1) is 17.2 Å². The Morgan fingerprint density at radius 3 is 2.60 bits per heavy atom. The maximum Gasteiger partial charge on any atom is 0.417 e. The highest BCUT2D eigenvalue weighted by Crippen LogP contribution is 2.33. The molecule has 4 nitrogen and oxygen atoms in total. The Kier molecular flexibility index (Phi) is 5.38. The van der Waals surface area contributed by atoms with Crippen molar-refractivity contribution in [3.05, 3.63) is 29.3 Å². The highest BCUT2D eigenvalue weighted by molar-refractivity contribution is 5.66. The van der Waals surface area contributed by atoms with Gasteiger partial charge >= 0.3 is 12.1 Å². The van der Waals surface area contributed by atoms with Crippen molar-refractivity contribution in [3.63, 3.8) is 0 Å². The molecule has 0 saturated heterocycles. The first-order chi connectivity index (χ1) is 9.34. The normalized spacial score (nSPS) is 10.9. The Balaban J connectivity index is 2.64. The molecule has 0 fully saturated rings. The van der Waals surface area contributed by atoms with Gasteiger partial charge in [-0.2, -0.15) is 18.4 Å². The van der Waals surface area contributed by atoms with Crippen LogP contribution in [0.5, 0.6) is 0 Å². The summed E-state index contributed by atoms with van der Waals surface area (Å²) in [4.78, 5) is 10.3. The fourth-order valence-electron chi connectivity index (χ4n) is 1.62. The molecular weight excluding hydrogens is 273 g/mol. The van der Waals surface area contributed by atoms with Gasteiger partial charge in [-0.1, -0.05) is 0 Å². The van der Waals surface area contributed by atoms with E-state index >= 15 is 0 Å². The third-order valence-corrected chi connectivity index (χ3v) is 2.59. The Morgan fingerprint density at radius 2 is 2.05 bits per heavy atom. The summed E-state index contributed by atoms with van der Waals surface area (Å²) in [5.74, 6) is -0.900. The predicted octanol–water partition coefficient (Wildman–Crippen LogP) is 3.24. The van der Waals surface area contributed by atoms with Crippen LogP contribution in [0.1, 0.15) is 30.4 Å². The van der Waals surface area contributed by atoms with Crippen molar-refractivity contribution in [1.82, 2.24) is 0 Å². The number of anilines is 1. The van der Waals surface area contributed by atoms with Crippen LogP contribution in [0.4, 0.5) is 18.9 Å². The number of unbranched alkanes of at least 4 members (excludes halogenated alkanes) is 1. The van der Waals surface area contributed by atoms with Crippen LogP contribution >= 0.6 is 0 Å². The molecule has 0 bridgehead atoms. The number of alkyl halides is 3. The Morgan fingerprint density at radius 1 is 1.35 bits per heavy atom. The number of rotatable bonds is 6. The standard InChI is InChI=1S/C13H13F3N2O2/c14-13(15,16)11-7-10(5-4-9(11)8-17)18-6-2-1-3-12(19)20/h4-5,7,18H,1-3,6H2,(H,19,20). The highest BCUT2D eigenvalue weighted by Gasteiger charge is 2.33. The van der Waals surface area contributed by atoms with Crippen molar-refractivity contribution in [2.24, 2.45) is 0 Å². The number of hydrogen-bond donors (Lipinski definition) is 2. The van der Waals surface area contributed by atoms with Gasteiger partial charge in [0.2, 0.25) is 0 Å². The molecule has 0 aliphatic heterocycles. The van der Waals surface area contributed by atoms with Crippen LogP contribution in [0, 0.1) is 11.3 Å². The lowest BCUT2D eigenvalue weighted by molar-refractivity contribution is -0.138. The molecule has 108 valence electrons. The van der Waals surface area contributed by atoms with E-state index in [1.54, 1.807) is 0 Å². The van der Waals surface area contributed by atoms with Crippen LogP contribution in [0.3, 0.4) is 0 Å². The van der Waals surface area contributed by atoms with Crippen molar-refractivity contribution >= 4 is 11.7 Å². The summed E-state index contributed by atoms with van der Waals surface area (Å²) in [5, 5.41) is 19.9. The zero-order chi connectivity index (χ0) is 15.2. The minimum absolute atomic E-state index is 0.0306. The second-order valence-electron chi connectivity index (χ2n) is 4.15. The second kappa shape index (κ2) is 6.80. The van der Waals surface area contributed by atoms with Gasteiger partial charge < -0.3 is 10.4 Å². The predicted molar refractivity (Wildman–Crippen MR) is 66.1 cm³/mol. The van der Waals surface area contributed by atoms with Crippen LogP contribution in [0.15, 0.2) is 18.2 Å². The van der Waals surface area contributed by atoms with Crippen LogP contribution in [-0.4, -0.2) is 17.6 Å². The van der Waals surface area contributed by atoms with Crippen LogP contribution < -0.4 is 5.32 Å². The lowest BCUT2D eigenvalue weighted by Gasteiger charge is -2.12. The van der Waals surface area contributed by atoms with Crippen LogP contribution in [-0.2, 0) is 11.0 Å². The molecule has 0 saturated carbocycles. The number of nitrogens with zero attached hydrogens (tertiary/aromatic N) is 1. The summed E-state index contributed by atoms with van der Waals surface area (Å²) in [6.07, 6.45) is -3.56. The molecule has 0 spiro atoms. The molecular formula is C13H13F3N2O2. The largest absolute Gasteiger partial charge is 0.481 e. The number of nitriles is 1. The van der Waals surface area contributed by atoms with Crippen LogP contribution in [0.2, 0.25) is 0 Å². The summed E-state index contributed by atoms with van der Waals surface area (Å²) in [7, 11) is 0. The maximum absolute atomic E-state index is 12.7. The fraction of sp³-hybridized carbons (Fsp3) is 0.385. The monoisotopic (exact) mass is 286 g/mol. The van der Waals surface area contributed by atoms with E-state index in [2.05, 4.69) is 5.32 Å². The third-order valence-electron chi connectivity index (χ3n) is 2.59. The number of aliphatic carboxylic acids is 1. The number of halogens is 3. The van der Waals surface area contributed by atoms with Crippen LogP contribution in [0.25, 0.3) is 0 Å². The quantitative estimate of drug-likeness (QED) is 0.787. The molecule has 0 amide bonds. The van der Waals surface area contributed by atoms with E-state index in [0.29, 0.717) is 19.4 Å². The van der Waals surface area contributed by atoms with Gasteiger partial charge in [-0.05, 0) is 31.0 Å². The number of benzene rings is 1. The molecule has 7 heteroatoms. The van der Waals surface area contributed by atoms with Crippen molar-refractivity contribution in [2.75, 3.05) is 11.9 Å². The van der Waals surface area contributed by atoms with Gasteiger partial charge in [0, 0.05) is 18.7 Å². The van der Waals surface area contributed by atoms with Gasteiger partial charge in [0.1, 0.15) is 0 Å². The van der Waals surface area contributed by atoms with Gasteiger partial charge in [0.15, 0.2) is 0 Å². The summed E-state index contributed by atoms with van der Waals surface area (Å²) >= 11 is 0. The molecule has 2 N–H and O–H groups in total. The van der Waals surface area contributed by atoms with Crippen molar-refractivity contribution in [1.29, 1.82) is 5.26 Å². The average molecular weight is 286 g/mol. The molecule has 1 aromatic carbocycles. The minimum Gasteiger partial charge on any atom is -0.481 e. The number of carbonyl (C=O) groups is 1. The molecule has 0 atom stereocenters. The van der Waals surface area contributed by atoms with E-state index < -0.39 is 23.3 Å². The first-order valence-electron chi connectivity index (χ1n) is 5.91. The molecule has 0 aliphatic carbocycles. The van der Waals surface area contributed by atoms with Gasteiger partial charge in [-0.3, -0.25) is 4.79 Å². The first-order valence-corrected chi connectivity index (χ1v) is 5.91. The lowest BCUT2D eigenvalue weighted by Crippen LogP contribution is -2.10. The molecule has 1 aromatic rings. The Labute approximate surface area is 113 Å². The smallest absolute Gasteiger partial charge is 0.417 e. The molecule has 0 radical (unpaired) electrons.